The molecule has 0 radical (unpaired) electrons. The number of rotatable bonds is 16. The van der Waals surface area contributed by atoms with Gasteiger partial charge in [-0.05, 0) is 25.7 Å². The summed E-state index contributed by atoms with van der Waals surface area (Å²) >= 11 is 0. The van der Waals surface area contributed by atoms with Crippen molar-refractivity contribution in [3.05, 3.63) is 0 Å². The lowest BCUT2D eigenvalue weighted by Gasteiger charge is -2.01. The summed E-state index contributed by atoms with van der Waals surface area (Å²) in [5, 5.41) is 0. The highest BCUT2D eigenvalue weighted by Gasteiger charge is 1.90. The highest BCUT2D eigenvalue weighted by molar-refractivity contribution is 7.43. The van der Waals surface area contributed by atoms with Gasteiger partial charge >= 0.3 is 0 Å². The predicted octanol–water partition coefficient (Wildman–Crippen LogP) is 1.62. The number of phosphoric acid groups is 2. The molecule has 0 aliphatic carbocycles. The van der Waals surface area contributed by atoms with Gasteiger partial charge in [0.1, 0.15) is 0 Å². The summed E-state index contributed by atoms with van der Waals surface area (Å²) < 4.78 is 17.5. The first-order valence-electron chi connectivity index (χ1n) is 11.9. The van der Waals surface area contributed by atoms with Crippen LogP contribution < -0.4 is 21.3 Å². The van der Waals surface area contributed by atoms with E-state index in [0.29, 0.717) is 0 Å². The van der Waals surface area contributed by atoms with Crippen LogP contribution in [0, 0.1) is 0 Å². The van der Waals surface area contributed by atoms with E-state index in [1.807, 2.05) is 0 Å². The van der Waals surface area contributed by atoms with Gasteiger partial charge in [0.05, 0.1) is 13.1 Å². The standard InChI is InChI=1S/2C10H23N.2H3O4P/c2*1-2-3-4-5-6-7-8-9-10-11;2*1-5(2,3)4/h2*2-11H2,1H3;2*(H3,1,2,3,4). The molecule has 0 saturated heterocycles. The molecule has 0 aromatic carbocycles. The minimum absolute atomic E-state index is 1.12. The number of hydrogen-bond acceptors (Lipinski definition) is 4. The molecule has 12 heteroatoms. The molecule has 0 fully saturated rings. The first-order chi connectivity index (χ1) is 14.8. The Hall–Kier alpha value is 0.140. The molecule has 0 aromatic rings. The first kappa shape index (κ1) is 39.4. The quantitative estimate of drug-likeness (QED) is 0.132. The van der Waals surface area contributed by atoms with E-state index >= 15 is 0 Å². The summed E-state index contributed by atoms with van der Waals surface area (Å²) in [5.41, 5.74) is 7.67. The van der Waals surface area contributed by atoms with Gasteiger partial charge in [0.2, 0.25) is 0 Å². The van der Waals surface area contributed by atoms with E-state index in [0.717, 1.165) is 13.1 Å². The van der Waals surface area contributed by atoms with E-state index in [1.54, 1.807) is 0 Å². The van der Waals surface area contributed by atoms with E-state index in [9.17, 15) is 0 Å². The molecule has 0 atom stereocenters. The number of unbranched alkanes of at least 4 members (excludes halogenated alkanes) is 14. The van der Waals surface area contributed by atoms with Crippen LogP contribution in [0.1, 0.15) is 117 Å². The van der Waals surface area contributed by atoms with Crippen LogP contribution in [-0.4, -0.2) is 32.7 Å². The van der Waals surface area contributed by atoms with Gasteiger partial charge in [-0.15, -0.1) is 0 Å². The molecule has 0 bridgehead atoms. The third-order valence-corrected chi connectivity index (χ3v) is 4.21. The van der Waals surface area contributed by atoms with Crippen molar-refractivity contribution in [2.45, 2.75) is 117 Å². The van der Waals surface area contributed by atoms with Crippen molar-refractivity contribution < 1.29 is 50.0 Å². The molecular weight excluding hydrogens is 458 g/mol. The fraction of sp³-hybridized carbons (Fsp3) is 1.00. The van der Waals surface area contributed by atoms with Crippen molar-refractivity contribution in [2.24, 2.45) is 0 Å². The zero-order chi connectivity index (χ0) is 25.7. The summed E-state index contributed by atoms with van der Waals surface area (Å²) in [6, 6.07) is 0. The molecule has 200 valence electrons. The van der Waals surface area contributed by atoms with Gasteiger partial charge in [0, 0.05) is 0 Å². The van der Waals surface area contributed by atoms with Crippen LogP contribution in [0.3, 0.4) is 0 Å². The summed E-state index contributed by atoms with van der Waals surface area (Å²) in [6.07, 6.45) is 22.6. The van der Waals surface area contributed by atoms with Crippen LogP contribution in [0.4, 0.5) is 0 Å². The third kappa shape index (κ3) is 98.2. The van der Waals surface area contributed by atoms with E-state index in [4.69, 9.17) is 38.5 Å². The zero-order valence-electron chi connectivity index (χ0n) is 20.5. The molecule has 32 heavy (non-hydrogen) atoms. The molecule has 0 heterocycles. The molecule has 0 amide bonds. The van der Waals surface area contributed by atoms with Gasteiger partial charge in [-0.1, -0.05) is 90.9 Å². The molecule has 10 nitrogen and oxygen atoms in total. The average molecular weight is 511 g/mol. The first-order valence-corrected chi connectivity index (χ1v) is 15.0. The van der Waals surface area contributed by atoms with Gasteiger partial charge in [-0.2, -0.15) is 0 Å². The second-order valence-corrected chi connectivity index (χ2v) is 9.60. The van der Waals surface area contributed by atoms with Crippen LogP contribution in [0.5, 0.6) is 0 Å². The van der Waals surface area contributed by atoms with Crippen molar-refractivity contribution in [3.63, 3.8) is 0 Å². The monoisotopic (exact) mass is 510 g/mol. The molecule has 0 rings (SSSR count). The van der Waals surface area contributed by atoms with Crippen molar-refractivity contribution in [1.29, 1.82) is 0 Å². The molecular formula is C20H52N2O8P2. The highest BCUT2D eigenvalue weighted by Crippen LogP contribution is 2.19. The Kier molecular flexibility index (Phi) is 38.3. The maximum atomic E-state index is 8.77. The molecule has 0 saturated carbocycles. The topological polar surface area (TPSA) is 216 Å². The lowest BCUT2D eigenvalue weighted by molar-refractivity contribution is -0.368. The Morgan fingerprint density at radius 1 is 0.500 bits per heavy atom. The Balaban J connectivity index is -0.000000175. The van der Waals surface area contributed by atoms with Crippen LogP contribution in [0.25, 0.3) is 0 Å². The molecule has 10 N–H and O–H groups in total. The summed E-state index contributed by atoms with van der Waals surface area (Å²) in [7, 11) is -9.78. The van der Waals surface area contributed by atoms with Crippen LogP contribution in [-0.2, 0) is 9.13 Å². The summed E-state index contributed by atoms with van der Waals surface area (Å²) in [4.78, 5) is 45.8. The fourth-order valence-corrected chi connectivity index (χ4v) is 2.62. The minimum atomic E-state index is -4.89. The van der Waals surface area contributed by atoms with Crippen LogP contribution in [0.15, 0.2) is 0 Å². The lowest BCUT2D eigenvalue weighted by Crippen LogP contribution is -2.50. The number of quaternary nitrogens is 2. The normalized spacial score (nSPS) is 10.8. The van der Waals surface area contributed by atoms with Crippen LogP contribution in [0.2, 0.25) is 0 Å². The number of hydrogen-bond donors (Lipinski definition) is 6. The average Bonchev–Trinajstić information content (AvgIpc) is 2.65. The Labute approximate surface area is 195 Å². The Morgan fingerprint density at radius 3 is 0.812 bits per heavy atom. The Bertz CT molecular complexity index is 350. The molecule has 0 unspecified atom stereocenters. The van der Waals surface area contributed by atoms with E-state index in [-0.39, 0.29) is 0 Å². The minimum Gasteiger partial charge on any atom is -0.756 e. The third-order valence-electron chi connectivity index (χ3n) is 4.21. The summed E-state index contributed by atoms with van der Waals surface area (Å²) in [6.45, 7) is 6.77. The second kappa shape index (κ2) is 31.1. The van der Waals surface area contributed by atoms with E-state index in [1.165, 1.54) is 103 Å². The molecule has 0 aliphatic rings. The smallest absolute Gasteiger partial charge is 0.262 e. The fourth-order valence-electron chi connectivity index (χ4n) is 2.62. The maximum Gasteiger partial charge on any atom is 0.262 e. The molecule has 0 aromatic heterocycles. The van der Waals surface area contributed by atoms with E-state index in [2.05, 4.69) is 25.3 Å². The highest BCUT2D eigenvalue weighted by atomic mass is 31.2. The Morgan fingerprint density at radius 2 is 0.656 bits per heavy atom. The van der Waals surface area contributed by atoms with Gasteiger partial charge in [-0.25, -0.2) is 0 Å². The molecule has 0 spiro atoms. The van der Waals surface area contributed by atoms with Crippen LogP contribution >= 0.6 is 15.6 Å². The second-order valence-electron chi connectivity index (χ2n) is 7.64. The van der Waals surface area contributed by atoms with Crippen molar-refractivity contribution in [2.75, 3.05) is 13.1 Å². The lowest BCUT2D eigenvalue weighted by atomic mass is 10.1. The van der Waals surface area contributed by atoms with Gasteiger partial charge < -0.3 is 40.8 Å². The van der Waals surface area contributed by atoms with E-state index < -0.39 is 15.6 Å². The summed E-state index contributed by atoms with van der Waals surface area (Å²) in [5.74, 6) is 0. The predicted molar refractivity (Wildman–Crippen MR) is 125 cm³/mol. The zero-order valence-corrected chi connectivity index (χ0v) is 22.2. The SMILES string of the molecule is CCCCCCCCCC[NH3+].CCCCCCCCCC[NH3+].O=P([O-])(O)O.O=P([O-])(O)O. The van der Waals surface area contributed by atoms with Gasteiger partial charge in [-0.3, -0.25) is 9.13 Å². The molecule has 0 aliphatic heterocycles. The van der Waals surface area contributed by atoms with Crippen molar-refractivity contribution in [3.8, 4) is 0 Å². The maximum absolute atomic E-state index is 8.77. The van der Waals surface area contributed by atoms with Gasteiger partial charge in [0.25, 0.3) is 15.6 Å². The van der Waals surface area contributed by atoms with Crippen molar-refractivity contribution >= 4 is 15.6 Å². The van der Waals surface area contributed by atoms with Crippen molar-refractivity contribution in [1.82, 2.24) is 0 Å². The van der Waals surface area contributed by atoms with Gasteiger partial charge in [0.15, 0.2) is 0 Å². The largest absolute Gasteiger partial charge is 0.756 e.